The van der Waals surface area contributed by atoms with Gasteiger partial charge in [-0.15, -0.1) is 0 Å². The fourth-order valence-corrected chi connectivity index (χ4v) is 7.31. The monoisotopic (exact) mass is 584 g/mol. The van der Waals surface area contributed by atoms with Crippen molar-refractivity contribution in [2.75, 3.05) is 4.90 Å². The Bertz CT molecular complexity index is 2040. The highest BCUT2D eigenvalue weighted by Gasteiger charge is 2.35. The van der Waals surface area contributed by atoms with Crippen molar-refractivity contribution < 1.29 is 0 Å². The number of hydrogen-bond acceptors (Lipinski definition) is 1. The molecule has 5 aliphatic rings. The summed E-state index contributed by atoms with van der Waals surface area (Å²) in [5.41, 5.74) is 13.2. The highest BCUT2D eigenvalue weighted by Crippen LogP contribution is 2.44. The number of para-hydroxylation sites is 1. The molecule has 1 aliphatic heterocycles. The van der Waals surface area contributed by atoms with Gasteiger partial charge in [-0.2, -0.15) is 0 Å². The van der Waals surface area contributed by atoms with Crippen LogP contribution in [0.5, 0.6) is 0 Å². The van der Waals surface area contributed by atoms with Crippen LogP contribution in [0.15, 0.2) is 121 Å². The Morgan fingerprint density at radius 3 is 2.40 bits per heavy atom. The van der Waals surface area contributed by atoms with E-state index in [2.05, 4.69) is 157 Å². The summed E-state index contributed by atoms with van der Waals surface area (Å²) in [6.45, 7) is 2.13. The first-order chi connectivity index (χ1) is 22.1. The number of benzene rings is 3. The predicted octanol–water partition coefficient (Wildman–Crippen LogP) is 9.18. The summed E-state index contributed by atoms with van der Waals surface area (Å²) in [6.07, 6.45) is 28.8. The topological polar surface area (TPSA) is 8.17 Å². The molecule has 1 fully saturated rings. The maximum Gasteiger partial charge on any atom is 0.0497 e. The maximum atomic E-state index is 2.52. The molecule has 2 nitrogen and oxygen atoms in total. The van der Waals surface area contributed by atoms with Crippen molar-refractivity contribution >= 4 is 35.7 Å². The first-order valence-corrected chi connectivity index (χ1v) is 16.5. The molecular formula is C43H40N2. The van der Waals surface area contributed by atoms with Gasteiger partial charge in [-0.25, -0.2) is 0 Å². The van der Waals surface area contributed by atoms with Crippen molar-refractivity contribution in [1.29, 1.82) is 0 Å². The lowest BCUT2D eigenvalue weighted by molar-refractivity contribution is 0.837. The van der Waals surface area contributed by atoms with Gasteiger partial charge in [0.15, 0.2) is 0 Å². The third-order valence-electron chi connectivity index (χ3n) is 9.95. The Kier molecular flexibility index (Phi) is 7.14. The Morgan fingerprint density at radius 2 is 1.56 bits per heavy atom. The van der Waals surface area contributed by atoms with Crippen LogP contribution >= 0.6 is 0 Å². The first-order valence-electron chi connectivity index (χ1n) is 16.5. The summed E-state index contributed by atoms with van der Waals surface area (Å²) in [7, 11) is 2.20. The Labute approximate surface area is 267 Å². The lowest BCUT2D eigenvalue weighted by Crippen LogP contribution is -2.28. The summed E-state index contributed by atoms with van der Waals surface area (Å²) >= 11 is 0. The second-order valence-corrected chi connectivity index (χ2v) is 13.0. The van der Waals surface area contributed by atoms with Crippen LogP contribution in [0.3, 0.4) is 0 Å². The van der Waals surface area contributed by atoms with Gasteiger partial charge >= 0.3 is 0 Å². The molecule has 1 aromatic heterocycles. The molecule has 0 bridgehead atoms. The summed E-state index contributed by atoms with van der Waals surface area (Å²) in [6, 6.07) is 26.4. The van der Waals surface area contributed by atoms with E-state index in [1.54, 1.807) is 0 Å². The molecule has 0 N–H and O–H groups in total. The Balaban J connectivity index is 0.000000150. The van der Waals surface area contributed by atoms with Crippen molar-refractivity contribution in [2.45, 2.75) is 39.0 Å². The number of nitrogens with zero attached hydrogens (tertiary/aromatic N) is 2. The van der Waals surface area contributed by atoms with Crippen molar-refractivity contribution in [2.24, 2.45) is 18.9 Å². The lowest BCUT2D eigenvalue weighted by Gasteiger charge is -2.35. The molecule has 9 rings (SSSR count). The van der Waals surface area contributed by atoms with Crippen LogP contribution in [0.2, 0.25) is 0 Å². The highest BCUT2D eigenvalue weighted by atomic mass is 15.2. The van der Waals surface area contributed by atoms with E-state index >= 15 is 0 Å². The minimum absolute atomic E-state index is 0.847. The molecule has 1 saturated carbocycles. The van der Waals surface area contributed by atoms with Crippen LogP contribution in [-0.4, -0.2) is 4.57 Å². The zero-order valence-electron chi connectivity index (χ0n) is 26.3. The first kappa shape index (κ1) is 27.7. The molecule has 2 heterocycles. The molecule has 0 radical (unpaired) electrons. The quantitative estimate of drug-likeness (QED) is 0.228. The zero-order valence-corrected chi connectivity index (χ0v) is 26.3. The molecule has 2 heteroatoms. The molecule has 2 atom stereocenters. The number of aryl methyl sites for hydroxylation is 1. The van der Waals surface area contributed by atoms with Crippen LogP contribution in [0.1, 0.15) is 48.1 Å². The third-order valence-corrected chi connectivity index (χ3v) is 9.95. The van der Waals surface area contributed by atoms with E-state index in [0.29, 0.717) is 0 Å². The summed E-state index contributed by atoms with van der Waals surface area (Å²) in [4.78, 5) is 2.40. The Hall–Kier alpha value is -4.82. The van der Waals surface area contributed by atoms with Gasteiger partial charge in [-0.3, -0.25) is 0 Å². The number of rotatable bonds is 2. The molecule has 222 valence electrons. The minimum Gasteiger partial charge on any atom is -0.344 e. The van der Waals surface area contributed by atoms with Gasteiger partial charge in [0.2, 0.25) is 0 Å². The fourth-order valence-electron chi connectivity index (χ4n) is 7.31. The largest absolute Gasteiger partial charge is 0.344 e. The third kappa shape index (κ3) is 5.29. The van der Waals surface area contributed by atoms with Crippen molar-refractivity contribution in [3.63, 3.8) is 0 Å². The molecule has 0 spiro atoms. The van der Waals surface area contributed by atoms with E-state index in [1.807, 2.05) is 0 Å². The molecule has 45 heavy (non-hydrogen) atoms. The normalized spacial score (nSPS) is 20.1. The highest BCUT2D eigenvalue weighted by molar-refractivity contribution is 5.79. The number of aromatic nitrogens is 1. The van der Waals surface area contributed by atoms with Crippen LogP contribution in [0.25, 0.3) is 35.4 Å². The average molecular weight is 585 g/mol. The smallest absolute Gasteiger partial charge is 0.0497 e. The second-order valence-electron chi connectivity index (χ2n) is 13.0. The van der Waals surface area contributed by atoms with Crippen LogP contribution in [0, 0.1) is 18.8 Å². The second kappa shape index (κ2) is 11.6. The summed E-state index contributed by atoms with van der Waals surface area (Å²) < 4.78 is 2.36. The van der Waals surface area contributed by atoms with E-state index in [-0.39, 0.29) is 0 Å². The molecule has 3 aromatic carbocycles. The molecular weight excluding hydrogens is 544 g/mol. The van der Waals surface area contributed by atoms with E-state index in [1.165, 1.54) is 79.6 Å². The summed E-state index contributed by atoms with van der Waals surface area (Å²) in [5, 5.41) is 2.91. The number of fused-ring (bicyclic) bond motifs is 6. The number of allylic oxidation sites excluding steroid dienone is 7. The van der Waals surface area contributed by atoms with Crippen LogP contribution in [-0.2, 0) is 13.5 Å². The molecule has 4 aromatic rings. The van der Waals surface area contributed by atoms with Crippen molar-refractivity contribution in [3.8, 4) is 11.1 Å². The SMILES string of the molecule is Cc1ccc(-c2ccc(N3C4=CC=CCC=C4Cc4ccccc43)cc2)cc1.Cn1c2c(c3c1=CCC1CC1C=3)C=CCC=C2. The number of anilines is 2. The molecule has 4 aliphatic carbocycles. The van der Waals surface area contributed by atoms with Gasteiger partial charge in [-0.1, -0.05) is 109 Å². The van der Waals surface area contributed by atoms with Gasteiger partial charge in [-0.05, 0) is 97.1 Å². The van der Waals surface area contributed by atoms with Crippen LogP contribution < -0.4 is 15.5 Å². The maximum absolute atomic E-state index is 2.52. The fraction of sp³-hybridized carbons (Fsp3) is 0.209. The van der Waals surface area contributed by atoms with Gasteiger partial charge in [0.25, 0.3) is 0 Å². The predicted molar refractivity (Wildman–Crippen MR) is 191 cm³/mol. The zero-order chi connectivity index (χ0) is 30.3. The lowest BCUT2D eigenvalue weighted by atomic mass is 9.93. The molecule has 0 amide bonds. The van der Waals surface area contributed by atoms with Gasteiger partial charge < -0.3 is 9.47 Å². The summed E-state index contributed by atoms with van der Waals surface area (Å²) in [5.74, 6) is 1.78. The van der Waals surface area contributed by atoms with E-state index in [4.69, 9.17) is 0 Å². The van der Waals surface area contributed by atoms with Gasteiger partial charge in [0.1, 0.15) is 0 Å². The number of hydrogen-bond donors (Lipinski definition) is 0. The van der Waals surface area contributed by atoms with Crippen molar-refractivity contribution in [1.82, 2.24) is 4.57 Å². The van der Waals surface area contributed by atoms with Crippen molar-refractivity contribution in [3.05, 3.63) is 153 Å². The van der Waals surface area contributed by atoms with E-state index in [0.717, 1.165) is 31.1 Å². The molecule has 0 saturated heterocycles. The van der Waals surface area contributed by atoms with E-state index < -0.39 is 0 Å². The minimum atomic E-state index is 0.847. The van der Waals surface area contributed by atoms with Gasteiger partial charge in [0, 0.05) is 52.4 Å². The standard InChI is InChI=1S/C27H23N.C16H17N/c1-20-11-13-21(14-12-20)22-15-17-25(18-16-22)28-26-9-4-2-3-7-23(26)19-24-8-5-6-10-27(24)28;1-17-15-6-4-2-3-5-13(15)14-10-12-9-11(12)7-8-16(14)17/h2,4-18H,3,19H2,1H3;3-6,8,10-12H,2,7,9H2,1H3. The van der Waals surface area contributed by atoms with Gasteiger partial charge in [0.05, 0.1) is 0 Å². The van der Waals surface area contributed by atoms with E-state index in [9.17, 15) is 0 Å². The molecule has 2 unspecified atom stereocenters. The Morgan fingerprint density at radius 1 is 0.778 bits per heavy atom. The average Bonchev–Trinajstić information content (AvgIpc) is 3.87. The van der Waals surface area contributed by atoms with Crippen LogP contribution in [0.4, 0.5) is 11.4 Å².